The van der Waals surface area contributed by atoms with Gasteiger partial charge in [0.1, 0.15) is 48.3 Å². The van der Waals surface area contributed by atoms with Gasteiger partial charge in [0.15, 0.2) is 0 Å². The number of hydrogen-bond donors (Lipinski definition) is 11. The van der Waals surface area contributed by atoms with Crippen molar-refractivity contribution in [2.24, 2.45) is 23.3 Å². The summed E-state index contributed by atoms with van der Waals surface area (Å²) in [5, 5.41) is 35.6. The molecule has 1 aromatic heterocycles. The van der Waals surface area contributed by atoms with E-state index >= 15 is 0 Å². The summed E-state index contributed by atoms with van der Waals surface area (Å²) in [4.78, 5) is 138. The number of para-hydroxylation sites is 1. The molecule has 368 valence electrons. The Morgan fingerprint density at radius 1 is 0.687 bits per heavy atom. The molecule has 0 spiro atoms. The zero-order valence-electron chi connectivity index (χ0n) is 38.6. The zero-order chi connectivity index (χ0) is 49.9. The van der Waals surface area contributed by atoms with Crippen LogP contribution in [0.25, 0.3) is 10.9 Å². The minimum Gasteiger partial charge on any atom is -0.480 e. The van der Waals surface area contributed by atoms with Crippen molar-refractivity contribution in [2.45, 2.75) is 134 Å². The molecule has 4 rings (SSSR count). The van der Waals surface area contributed by atoms with Crippen molar-refractivity contribution in [2.75, 3.05) is 19.7 Å². The van der Waals surface area contributed by atoms with Crippen molar-refractivity contribution < 1.29 is 58.2 Å². The van der Waals surface area contributed by atoms with Gasteiger partial charge >= 0.3 is 5.97 Å². The minimum atomic E-state index is -1.62. The fraction of sp³-hybridized carbons (Fsp3) is 0.591. The van der Waals surface area contributed by atoms with E-state index < -0.39 is 132 Å². The topological polar surface area (TPSA) is 358 Å². The molecule has 2 aliphatic heterocycles. The molecule has 23 nitrogen and oxygen atoms in total. The highest BCUT2D eigenvalue weighted by Gasteiger charge is 2.43. The minimum absolute atomic E-state index is 0.00443. The predicted molar refractivity (Wildman–Crippen MR) is 241 cm³/mol. The van der Waals surface area contributed by atoms with Gasteiger partial charge < -0.3 is 68.4 Å². The van der Waals surface area contributed by atoms with Crippen LogP contribution in [0.2, 0.25) is 0 Å². The number of hydrogen-bond acceptors (Lipinski definition) is 12. The lowest BCUT2D eigenvalue weighted by molar-refractivity contribution is -0.146. The summed E-state index contributed by atoms with van der Waals surface area (Å²) in [5.74, 6) is -9.11. The molecule has 23 heteroatoms. The zero-order valence-corrected chi connectivity index (χ0v) is 38.6. The number of fused-ring (bicyclic) bond motifs is 1. The van der Waals surface area contributed by atoms with Crippen molar-refractivity contribution in [1.29, 1.82) is 0 Å². The highest BCUT2D eigenvalue weighted by Crippen LogP contribution is 2.23. The molecular weight excluding hydrogens is 875 g/mol. The molecule has 0 saturated carbocycles. The molecule has 13 N–H and O–H groups in total. The third-order valence-electron chi connectivity index (χ3n) is 12.0. The number of aliphatic hydroxyl groups is 1. The number of primary amides is 1. The number of aromatic amines is 1. The van der Waals surface area contributed by atoms with E-state index in [1.54, 1.807) is 52.1 Å². The van der Waals surface area contributed by atoms with Gasteiger partial charge in [0, 0.05) is 36.6 Å². The molecule has 3 heterocycles. The van der Waals surface area contributed by atoms with Crippen molar-refractivity contribution in [3.05, 3.63) is 36.0 Å². The first kappa shape index (κ1) is 53.0. The molecule has 0 bridgehead atoms. The number of nitrogens with zero attached hydrogens (tertiary/aromatic N) is 2. The maximum Gasteiger partial charge on any atom is 0.326 e. The Hall–Kier alpha value is -6.62. The van der Waals surface area contributed by atoms with E-state index in [1.165, 1.54) is 13.8 Å². The number of carbonyl (C=O) groups is 10. The third kappa shape index (κ3) is 13.7. The van der Waals surface area contributed by atoms with Gasteiger partial charge in [0.2, 0.25) is 53.2 Å². The first-order chi connectivity index (χ1) is 31.5. The molecular formula is C44H65N11O12. The van der Waals surface area contributed by atoms with Gasteiger partial charge in [0.25, 0.3) is 0 Å². The number of carbonyl (C=O) groups excluding carboxylic acids is 9. The predicted octanol–water partition coefficient (Wildman–Crippen LogP) is -2.77. The number of amides is 9. The van der Waals surface area contributed by atoms with Crippen molar-refractivity contribution in [3.8, 4) is 0 Å². The SMILES string of the molecule is CC(C)[C@H](N)C(=O)N[C@@H](C)C(=O)N[C@@H](Cc1c[nH]c2ccccc12)C(=O)N[C@@H](CC(N)=O)C(=O)N1CCC[C@H]1C(=O)N[C@@H](CO)C(=O)N1CCC[C@H]1C(=O)N[C@@H](C)C(=O)N[C@H](C(=O)O)C(C)C. The number of likely N-dealkylation sites (tertiary alicyclic amines) is 2. The van der Waals surface area contributed by atoms with Crippen molar-refractivity contribution >= 4 is 70.0 Å². The number of carboxylic acid groups (broad SMARTS) is 1. The maximum absolute atomic E-state index is 14.2. The lowest BCUT2D eigenvalue weighted by atomic mass is 10.0. The molecule has 0 unspecified atom stereocenters. The molecule has 9 atom stereocenters. The summed E-state index contributed by atoms with van der Waals surface area (Å²) >= 11 is 0. The first-order valence-electron chi connectivity index (χ1n) is 22.4. The van der Waals surface area contributed by atoms with Crippen LogP contribution < -0.4 is 43.4 Å². The number of nitrogens with one attached hydrogen (secondary N) is 7. The van der Waals surface area contributed by atoms with Gasteiger partial charge in [-0.25, -0.2) is 4.79 Å². The Bertz CT molecular complexity index is 2180. The normalized spacial score (nSPS) is 19.1. The van der Waals surface area contributed by atoms with Crippen LogP contribution in [0.1, 0.15) is 79.2 Å². The van der Waals surface area contributed by atoms with Crippen LogP contribution in [-0.2, 0) is 54.4 Å². The standard InChI is InChI=1S/C44H65N11O12/c1-21(2)34(46)41(63)49-23(5)36(58)50-28(17-25-19-47-27-12-8-7-11-26(25)27)38(60)51-29(18-33(45)57)42(64)54-15-10-14-32(54)40(62)52-30(20-56)43(65)55-16-9-13-31(55)39(61)48-24(6)37(59)53-35(22(3)4)44(66)67/h7-8,11-12,19,21-24,28-32,34-35,47,56H,9-10,13-18,20,46H2,1-6H3,(H2,45,57)(H,48,61)(H,49,63)(H,50,58)(H,51,60)(H,52,62)(H,53,59)(H,66,67)/t23-,24-,28-,29-,30-,31-,32-,34-,35-/m0/s1. The largest absolute Gasteiger partial charge is 0.480 e. The summed E-state index contributed by atoms with van der Waals surface area (Å²) in [7, 11) is 0. The number of H-pyrrole nitrogens is 1. The molecule has 9 amide bonds. The summed E-state index contributed by atoms with van der Waals surface area (Å²) in [6.45, 7) is 8.64. The van der Waals surface area contributed by atoms with E-state index in [0.29, 0.717) is 18.4 Å². The monoisotopic (exact) mass is 939 g/mol. The number of carboxylic acids is 1. The second kappa shape index (κ2) is 23.7. The Kier molecular flexibility index (Phi) is 18.8. The first-order valence-corrected chi connectivity index (χ1v) is 22.4. The van der Waals surface area contributed by atoms with Gasteiger partial charge in [0.05, 0.1) is 19.1 Å². The second-order valence-electron chi connectivity index (χ2n) is 17.8. The molecule has 2 fully saturated rings. The quantitative estimate of drug-likeness (QED) is 0.0571. The van der Waals surface area contributed by atoms with Crippen molar-refractivity contribution in [1.82, 2.24) is 46.7 Å². The Morgan fingerprint density at radius 2 is 1.22 bits per heavy atom. The number of aliphatic hydroxyl groups excluding tert-OH is 1. The van der Waals surface area contributed by atoms with Gasteiger partial charge in [-0.1, -0.05) is 45.9 Å². The van der Waals surface area contributed by atoms with Crippen LogP contribution in [0.5, 0.6) is 0 Å². The van der Waals surface area contributed by atoms with Crippen LogP contribution in [0.3, 0.4) is 0 Å². The molecule has 1 aromatic carbocycles. The molecule has 2 aliphatic rings. The average molecular weight is 940 g/mol. The van der Waals surface area contributed by atoms with Crippen LogP contribution in [0.4, 0.5) is 0 Å². The lowest BCUT2D eigenvalue weighted by Crippen LogP contribution is -2.60. The van der Waals surface area contributed by atoms with Gasteiger partial charge in [-0.05, 0) is 63.0 Å². The van der Waals surface area contributed by atoms with Crippen LogP contribution in [0.15, 0.2) is 30.5 Å². The third-order valence-corrected chi connectivity index (χ3v) is 12.0. The summed E-state index contributed by atoms with van der Waals surface area (Å²) in [6.07, 6.45) is 1.81. The van der Waals surface area contributed by atoms with E-state index in [9.17, 15) is 58.2 Å². The smallest absolute Gasteiger partial charge is 0.326 e. The van der Waals surface area contributed by atoms with Crippen LogP contribution >= 0.6 is 0 Å². The van der Waals surface area contributed by atoms with E-state index in [2.05, 4.69) is 36.9 Å². The molecule has 2 aromatic rings. The Balaban J connectivity index is 1.48. The number of aromatic nitrogens is 1. The molecule has 0 aliphatic carbocycles. The van der Waals surface area contributed by atoms with E-state index in [4.69, 9.17) is 11.5 Å². The summed E-state index contributed by atoms with van der Waals surface area (Å²) in [6, 6.07) is -4.09. The number of aliphatic carboxylic acids is 1. The fourth-order valence-corrected chi connectivity index (χ4v) is 8.00. The van der Waals surface area contributed by atoms with Gasteiger partial charge in [-0.3, -0.25) is 43.2 Å². The number of nitrogens with two attached hydrogens (primary N) is 2. The maximum atomic E-state index is 14.2. The number of rotatable bonds is 22. The van der Waals surface area contributed by atoms with Crippen LogP contribution in [0, 0.1) is 11.8 Å². The number of benzene rings is 1. The highest BCUT2D eigenvalue weighted by atomic mass is 16.4. The Labute approximate surface area is 387 Å². The van der Waals surface area contributed by atoms with Gasteiger partial charge in [-0.2, -0.15) is 0 Å². The van der Waals surface area contributed by atoms with Crippen LogP contribution in [-0.4, -0.2) is 158 Å². The van der Waals surface area contributed by atoms with E-state index in [0.717, 1.165) is 20.7 Å². The fourth-order valence-electron chi connectivity index (χ4n) is 8.00. The van der Waals surface area contributed by atoms with E-state index in [-0.39, 0.29) is 38.3 Å². The summed E-state index contributed by atoms with van der Waals surface area (Å²) < 4.78 is 0. The molecule has 2 saturated heterocycles. The Morgan fingerprint density at radius 3 is 1.78 bits per heavy atom. The second-order valence-corrected chi connectivity index (χ2v) is 17.8. The lowest BCUT2D eigenvalue weighted by Gasteiger charge is -2.32. The molecule has 0 radical (unpaired) electrons. The van der Waals surface area contributed by atoms with Crippen molar-refractivity contribution in [3.63, 3.8) is 0 Å². The van der Waals surface area contributed by atoms with E-state index in [1.807, 2.05) is 6.07 Å². The molecule has 67 heavy (non-hydrogen) atoms. The highest BCUT2D eigenvalue weighted by molar-refractivity contribution is 5.99. The van der Waals surface area contributed by atoms with Gasteiger partial charge in [-0.15, -0.1) is 0 Å². The summed E-state index contributed by atoms with van der Waals surface area (Å²) in [5.41, 5.74) is 12.9. The average Bonchev–Trinajstić information content (AvgIpc) is 4.06.